The van der Waals surface area contributed by atoms with Gasteiger partial charge in [-0.2, -0.15) is 0 Å². The lowest BCUT2D eigenvalue weighted by Gasteiger charge is -2.59. The molecule has 2 aliphatic rings. The first-order chi connectivity index (χ1) is 5.24. The molecule has 5 unspecified atom stereocenters. The molecule has 2 saturated carbocycles. The highest BCUT2D eigenvalue weighted by Crippen LogP contribution is 2.60. The van der Waals surface area contributed by atoms with Crippen molar-refractivity contribution in [3.05, 3.63) is 0 Å². The molecule has 2 aliphatic carbocycles. The molecule has 11 heavy (non-hydrogen) atoms. The number of hydrogen-bond acceptors (Lipinski definition) is 0. The average Bonchev–Trinajstić information content (AvgIpc) is 1.99. The molecule has 0 aromatic heterocycles. The summed E-state index contributed by atoms with van der Waals surface area (Å²) >= 11 is 0. The van der Waals surface area contributed by atoms with Crippen LogP contribution in [0.2, 0.25) is 0 Å². The van der Waals surface area contributed by atoms with Crippen LogP contribution in [-0.4, -0.2) is 0 Å². The van der Waals surface area contributed by atoms with E-state index in [0.717, 1.165) is 29.6 Å². The van der Waals surface area contributed by atoms with Gasteiger partial charge < -0.3 is 0 Å². The Kier molecular flexibility index (Phi) is 1.74. The van der Waals surface area contributed by atoms with Gasteiger partial charge in [-0.1, -0.05) is 27.2 Å². The molecule has 64 valence electrons. The van der Waals surface area contributed by atoms with Crippen molar-refractivity contribution in [2.75, 3.05) is 0 Å². The summed E-state index contributed by atoms with van der Waals surface area (Å²) in [6.07, 6.45) is 4.49. The quantitative estimate of drug-likeness (QED) is 0.569. The average molecular weight is 152 g/mol. The van der Waals surface area contributed by atoms with E-state index in [0.29, 0.717) is 0 Å². The molecule has 0 saturated heterocycles. The number of hydrogen-bond donors (Lipinski definition) is 0. The van der Waals surface area contributed by atoms with E-state index >= 15 is 0 Å². The van der Waals surface area contributed by atoms with Crippen molar-refractivity contribution in [2.45, 2.75) is 40.0 Å². The predicted molar refractivity (Wildman–Crippen MR) is 48.3 cm³/mol. The van der Waals surface area contributed by atoms with Crippen molar-refractivity contribution in [2.24, 2.45) is 29.6 Å². The first-order valence-corrected chi connectivity index (χ1v) is 5.24. The van der Waals surface area contributed by atoms with Gasteiger partial charge in [-0.15, -0.1) is 0 Å². The summed E-state index contributed by atoms with van der Waals surface area (Å²) in [6.45, 7) is 7.19. The van der Waals surface area contributed by atoms with E-state index in [-0.39, 0.29) is 0 Å². The highest BCUT2D eigenvalue weighted by atomic mass is 14.6. The summed E-state index contributed by atoms with van der Waals surface area (Å²) in [4.78, 5) is 0. The SMILES string of the molecule is CCC(C)C1CC2C(C)CC12. The maximum atomic E-state index is 2.43. The Labute approximate surface area is 70.4 Å². The zero-order chi connectivity index (χ0) is 8.01. The normalized spacial score (nSPS) is 50.5. The zero-order valence-electron chi connectivity index (χ0n) is 8.01. The molecule has 5 atom stereocenters. The third-order valence-corrected chi connectivity index (χ3v) is 4.39. The van der Waals surface area contributed by atoms with Crippen molar-refractivity contribution < 1.29 is 0 Å². The lowest BCUT2D eigenvalue weighted by molar-refractivity contribution is -0.102. The second-order valence-electron chi connectivity index (χ2n) is 4.83. The molecule has 0 aliphatic heterocycles. The Hall–Kier alpha value is 0. The van der Waals surface area contributed by atoms with Crippen LogP contribution in [0.1, 0.15) is 40.0 Å². The van der Waals surface area contributed by atoms with Crippen molar-refractivity contribution in [3.63, 3.8) is 0 Å². The lowest BCUT2D eigenvalue weighted by Crippen LogP contribution is -2.52. The summed E-state index contributed by atoms with van der Waals surface area (Å²) < 4.78 is 0. The van der Waals surface area contributed by atoms with E-state index in [1.165, 1.54) is 6.42 Å². The Balaban J connectivity index is 1.85. The molecule has 0 bridgehead atoms. The summed E-state index contributed by atoms with van der Waals surface area (Å²) in [6, 6.07) is 0. The van der Waals surface area contributed by atoms with Crippen LogP contribution in [0.3, 0.4) is 0 Å². The third kappa shape index (κ3) is 0.947. The smallest absolute Gasteiger partial charge is 0.0349 e. The summed E-state index contributed by atoms with van der Waals surface area (Å²) in [5.74, 6) is 5.49. The van der Waals surface area contributed by atoms with Gasteiger partial charge in [0.2, 0.25) is 0 Å². The predicted octanol–water partition coefficient (Wildman–Crippen LogP) is 3.32. The van der Waals surface area contributed by atoms with Crippen molar-refractivity contribution in [1.82, 2.24) is 0 Å². The van der Waals surface area contributed by atoms with Crippen LogP contribution in [0.4, 0.5) is 0 Å². The fourth-order valence-electron chi connectivity index (χ4n) is 3.15. The van der Waals surface area contributed by atoms with Crippen LogP contribution in [0, 0.1) is 29.6 Å². The molecule has 0 aromatic carbocycles. The van der Waals surface area contributed by atoms with Gasteiger partial charge in [0.15, 0.2) is 0 Å². The highest BCUT2D eigenvalue weighted by Gasteiger charge is 2.52. The van der Waals surface area contributed by atoms with Gasteiger partial charge in [-0.05, 0) is 42.4 Å². The first kappa shape index (κ1) is 7.64. The molecule has 0 spiro atoms. The summed E-state index contributed by atoms with van der Waals surface area (Å²) in [5, 5.41) is 0. The summed E-state index contributed by atoms with van der Waals surface area (Å²) in [5.41, 5.74) is 0. The minimum atomic E-state index is 1.00. The zero-order valence-corrected chi connectivity index (χ0v) is 8.01. The van der Waals surface area contributed by atoms with Crippen molar-refractivity contribution in [3.8, 4) is 0 Å². The molecule has 0 amide bonds. The minimum absolute atomic E-state index is 1.00. The van der Waals surface area contributed by atoms with Gasteiger partial charge in [0, 0.05) is 0 Å². The molecule has 0 heteroatoms. The summed E-state index contributed by atoms with van der Waals surface area (Å²) in [7, 11) is 0. The van der Waals surface area contributed by atoms with Crippen LogP contribution in [0.5, 0.6) is 0 Å². The molecule has 0 radical (unpaired) electrons. The van der Waals surface area contributed by atoms with Crippen molar-refractivity contribution in [1.29, 1.82) is 0 Å². The van der Waals surface area contributed by atoms with Crippen LogP contribution in [0.25, 0.3) is 0 Å². The molecule has 2 rings (SSSR count). The number of rotatable bonds is 2. The molecular formula is C11H20. The van der Waals surface area contributed by atoms with E-state index < -0.39 is 0 Å². The molecule has 0 nitrogen and oxygen atoms in total. The largest absolute Gasteiger partial charge is 0.0651 e. The van der Waals surface area contributed by atoms with Crippen molar-refractivity contribution >= 4 is 0 Å². The minimum Gasteiger partial charge on any atom is -0.0651 e. The monoisotopic (exact) mass is 152 g/mol. The van der Waals surface area contributed by atoms with E-state index in [4.69, 9.17) is 0 Å². The Morgan fingerprint density at radius 3 is 2.36 bits per heavy atom. The fraction of sp³-hybridized carbons (Fsp3) is 1.00. The van der Waals surface area contributed by atoms with E-state index in [2.05, 4.69) is 20.8 Å². The second kappa shape index (κ2) is 2.50. The Morgan fingerprint density at radius 2 is 2.00 bits per heavy atom. The Morgan fingerprint density at radius 1 is 1.27 bits per heavy atom. The molecule has 0 aromatic rings. The van der Waals surface area contributed by atoms with Gasteiger partial charge in [0.25, 0.3) is 0 Å². The second-order valence-corrected chi connectivity index (χ2v) is 4.83. The van der Waals surface area contributed by atoms with Crippen LogP contribution in [0.15, 0.2) is 0 Å². The van der Waals surface area contributed by atoms with E-state index in [1.54, 1.807) is 12.8 Å². The van der Waals surface area contributed by atoms with Gasteiger partial charge in [0.1, 0.15) is 0 Å². The van der Waals surface area contributed by atoms with Crippen LogP contribution < -0.4 is 0 Å². The van der Waals surface area contributed by atoms with Gasteiger partial charge >= 0.3 is 0 Å². The molecular weight excluding hydrogens is 132 g/mol. The molecule has 2 fully saturated rings. The molecule has 0 heterocycles. The highest BCUT2D eigenvalue weighted by molar-refractivity contribution is 5.01. The maximum Gasteiger partial charge on any atom is -0.0349 e. The van der Waals surface area contributed by atoms with Gasteiger partial charge in [-0.3, -0.25) is 0 Å². The fourth-order valence-corrected chi connectivity index (χ4v) is 3.15. The number of fused-ring (bicyclic) bond motifs is 1. The van der Waals surface area contributed by atoms with Gasteiger partial charge in [0.05, 0.1) is 0 Å². The standard InChI is InChI=1S/C11H20/c1-4-7(2)9-6-10-8(3)5-11(9)10/h7-11H,4-6H2,1-3H3. The first-order valence-electron chi connectivity index (χ1n) is 5.24. The van der Waals surface area contributed by atoms with Gasteiger partial charge in [-0.25, -0.2) is 0 Å². The Bertz CT molecular complexity index is 150. The van der Waals surface area contributed by atoms with Crippen LogP contribution >= 0.6 is 0 Å². The van der Waals surface area contributed by atoms with Crippen LogP contribution in [-0.2, 0) is 0 Å². The maximum absolute atomic E-state index is 2.43. The topological polar surface area (TPSA) is 0 Å². The lowest BCUT2D eigenvalue weighted by atomic mass is 9.46. The van der Waals surface area contributed by atoms with E-state index in [9.17, 15) is 0 Å². The molecule has 0 N–H and O–H groups in total. The third-order valence-electron chi connectivity index (χ3n) is 4.39. The van der Waals surface area contributed by atoms with E-state index in [1.807, 2.05) is 0 Å².